The topological polar surface area (TPSA) is 37.3 Å². The van der Waals surface area contributed by atoms with E-state index in [1.807, 2.05) is 0 Å². The van der Waals surface area contributed by atoms with E-state index in [9.17, 15) is 4.79 Å². The second-order valence-electron chi connectivity index (χ2n) is 2.66. The highest BCUT2D eigenvalue weighted by Gasteiger charge is 2.04. The Bertz CT molecular complexity index is 159. The number of carbonyl (C=O) groups is 1. The fourth-order valence-corrected chi connectivity index (χ4v) is 1.11. The first-order chi connectivity index (χ1) is 4.79. The van der Waals surface area contributed by atoms with Crippen LogP contribution in [0.25, 0.3) is 0 Å². The molecular formula is C8H12O2. The maximum absolute atomic E-state index is 10.8. The Morgan fingerprint density at radius 3 is 2.70 bits per heavy atom. The molecule has 10 heavy (non-hydrogen) atoms. The third-order valence-electron chi connectivity index (χ3n) is 1.68. The Kier molecular flexibility index (Phi) is 2.49. The molecule has 0 atom stereocenters. The summed E-state index contributed by atoms with van der Waals surface area (Å²) in [5.74, 6) is 0.321. The molecule has 2 heteroatoms. The first kappa shape index (κ1) is 7.32. The van der Waals surface area contributed by atoms with E-state index in [0.29, 0.717) is 12.8 Å². The van der Waals surface area contributed by atoms with Crippen LogP contribution in [0.15, 0.2) is 11.8 Å². The minimum Gasteiger partial charge on any atom is -0.512 e. The molecule has 0 aliphatic heterocycles. The zero-order valence-corrected chi connectivity index (χ0v) is 5.97. The van der Waals surface area contributed by atoms with Crippen molar-refractivity contribution in [3.63, 3.8) is 0 Å². The third kappa shape index (κ3) is 2.21. The van der Waals surface area contributed by atoms with Gasteiger partial charge in [-0.2, -0.15) is 0 Å². The van der Waals surface area contributed by atoms with Crippen LogP contribution in [0.5, 0.6) is 0 Å². The first-order valence-corrected chi connectivity index (χ1v) is 3.71. The molecular weight excluding hydrogens is 128 g/mol. The van der Waals surface area contributed by atoms with Gasteiger partial charge in [-0.05, 0) is 12.8 Å². The normalized spacial score (nSPS) is 26.4. The Balaban J connectivity index is 2.55. The van der Waals surface area contributed by atoms with Gasteiger partial charge in [-0.25, -0.2) is 0 Å². The average molecular weight is 140 g/mol. The Morgan fingerprint density at radius 1 is 1.20 bits per heavy atom. The molecule has 0 spiro atoms. The van der Waals surface area contributed by atoms with Crippen molar-refractivity contribution >= 4 is 5.78 Å². The van der Waals surface area contributed by atoms with E-state index in [-0.39, 0.29) is 11.5 Å². The van der Waals surface area contributed by atoms with Crippen LogP contribution in [0.1, 0.15) is 32.1 Å². The van der Waals surface area contributed by atoms with Crippen molar-refractivity contribution in [1.82, 2.24) is 0 Å². The summed E-state index contributed by atoms with van der Waals surface area (Å²) in [7, 11) is 0. The Morgan fingerprint density at radius 2 is 1.90 bits per heavy atom. The van der Waals surface area contributed by atoms with Crippen LogP contribution in [0.4, 0.5) is 0 Å². The zero-order chi connectivity index (χ0) is 7.40. The molecule has 56 valence electrons. The van der Waals surface area contributed by atoms with E-state index >= 15 is 0 Å². The standard InChI is InChI=1S/C8H12O2/c9-7-4-2-1-3-5-8(10)6-7/h6,9H,1-5H2/b7-6+. The number of ketones is 1. The molecule has 0 heterocycles. The van der Waals surface area contributed by atoms with E-state index in [4.69, 9.17) is 5.11 Å². The van der Waals surface area contributed by atoms with Gasteiger partial charge in [0.2, 0.25) is 0 Å². The summed E-state index contributed by atoms with van der Waals surface area (Å²) >= 11 is 0. The monoisotopic (exact) mass is 140 g/mol. The van der Waals surface area contributed by atoms with Gasteiger partial charge in [0, 0.05) is 18.9 Å². The minimum absolute atomic E-state index is 0.0669. The second kappa shape index (κ2) is 3.40. The van der Waals surface area contributed by atoms with E-state index < -0.39 is 0 Å². The van der Waals surface area contributed by atoms with Gasteiger partial charge in [-0.15, -0.1) is 0 Å². The van der Waals surface area contributed by atoms with E-state index in [1.54, 1.807) is 0 Å². The molecule has 0 saturated carbocycles. The van der Waals surface area contributed by atoms with Crippen molar-refractivity contribution in [3.8, 4) is 0 Å². The van der Waals surface area contributed by atoms with Gasteiger partial charge in [0.25, 0.3) is 0 Å². The number of aliphatic hydroxyl groups is 1. The summed E-state index contributed by atoms with van der Waals surface area (Å²) in [5.41, 5.74) is 0. The molecule has 0 aromatic carbocycles. The highest BCUT2D eigenvalue weighted by atomic mass is 16.3. The van der Waals surface area contributed by atoms with Crippen molar-refractivity contribution in [2.75, 3.05) is 0 Å². The van der Waals surface area contributed by atoms with Gasteiger partial charge in [0.05, 0.1) is 5.76 Å². The maximum Gasteiger partial charge on any atom is 0.159 e. The van der Waals surface area contributed by atoms with Gasteiger partial charge >= 0.3 is 0 Å². The molecule has 1 rings (SSSR count). The van der Waals surface area contributed by atoms with Crippen LogP contribution in [0.2, 0.25) is 0 Å². The number of carbonyl (C=O) groups excluding carboxylic acids is 1. The van der Waals surface area contributed by atoms with Crippen molar-refractivity contribution < 1.29 is 9.90 Å². The molecule has 0 aromatic heterocycles. The third-order valence-corrected chi connectivity index (χ3v) is 1.68. The average Bonchev–Trinajstić information content (AvgIpc) is 1.83. The van der Waals surface area contributed by atoms with Crippen LogP contribution in [0.3, 0.4) is 0 Å². The highest BCUT2D eigenvalue weighted by Crippen LogP contribution is 2.12. The van der Waals surface area contributed by atoms with E-state index in [1.165, 1.54) is 6.08 Å². The largest absolute Gasteiger partial charge is 0.512 e. The highest BCUT2D eigenvalue weighted by molar-refractivity contribution is 5.89. The minimum atomic E-state index is 0.0669. The summed E-state index contributed by atoms with van der Waals surface area (Å²) in [6.45, 7) is 0. The Hall–Kier alpha value is -0.790. The van der Waals surface area contributed by atoms with E-state index in [2.05, 4.69) is 0 Å². The van der Waals surface area contributed by atoms with Crippen molar-refractivity contribution in [2.24, 2.45) is 0 Å². The molecule has 2 nitrogen and oxygen atoms in total. The molecule has 1 aliphatic rings. The second-order valence-corrected chi connectivity index (χ2v) is 2.66. The van der Waals surface area contributed by atoms with Crippen molar-refractivity contribution in [3.05, 3.63) is 11.8 Å². The molecule has 0 fully saturated rings. The van der Waals surface area contributed by atoms with Crippen LogP contribution in [-0.2, 0) is 4.79 Å². The summed E-state index contributed by atoms with van der Waals surface area (Å²) in [5, 5.41) is 9.02. The summed E-state index contributed by atoms with van der Waals surface area (Å²) in [6.07, 6.45) is 5.68. The van der Waals surface area contributed by atoms with Gasteiger partial charge in [0.1, 0.15) is 0 Å². The van der Waals surface area contributed by atoms with Crippen LogP contribution in [-0.4, -0.2) is 10.9 Å². The fourth-order valence-electron chi connectivity index (χ4n) is 1.11. The number of rotatable bonds is 0. The number of allylic oxidation sites excluding steroid dienone is 2. The van der Waals surface area contributed by atoms with Gasteiger partial charge in [0.15, 0.2) is 5.78 Å². The summed E-state index contributed by atoms with van der Waals surface area (Å²) in [6, 6.07) is 0. The van der Waals surface area contributed by atoms with Gasteiger partial charge in [-0.1, -0.05) is 6.42 Å². The van der Waals surface area contributed by atoms with Crippen LogP contribution >= 0.6 is 0 Å². The number of aliphatic hydroxyl groups excluding tert-OH is 1. The first-order valence-electron chi connectivity index (χ1n) is 3.71. The molecule has 0 aromatic rings. The molecule has 0 bridgehead atoms. The predicted octanol–water partition coefficient (Wildman–Crippen LogP) is 1.96. The quantitative estimate of drug-likeness (QED) is 0.558. The van der Waals surface area contributed by atoms with Crippen molar-refractivity contribution in [2.45, 2.75) is 32.1 Å². The lowest BCUT2D eigenvalue weighted by atomic mass is 10.0. The van der Waals surface area contributed by atoms with Crippen LogP contribution < -0.4 is 0 Å². The smallest absolute Gasteiger partial charge is 0.159 e. The zero-order valence-electron chi connectivity index (χ0n) is 5.97. The molecule has 1 N–H and O–H groups in total. The van der Waals surface area contributed by atoms with Gasteiger partial charge in [-0.3, -0.25) is 4.79 Å². The van der Waals surface area contributed by atoms with Crippen LogP contribution in [0, 0.1) is 0 Å². The Labute approximate surface area is 60.6 Å². The molecule has 0 unspecified atom stereocenters. The lowest BCUT2D eigenvalue weighted by Gasteiger charge is -2.04. The molecule has 0 amide bonds. The van der Waals surface area contributed by atoms with Crippen molar-refractivity contribution in [1.29, 1.82) is 0 Å². The lowest BCUT2D eigenvalue weighted by Crippen LogP contribution is -1.98. The van der Waals surface area contributed by atoms with E-state index in [0.717, 1.165) is 19.3 Å². The molecule has 1 aliphatic carbocycles. The number of hydrogen-bond acceptors (Lipinski definition) is 2. The SMILES string of the molecule is O=C1/C=C(/O)CCCCC1. The summed E-state index contributed by atoms with van der Waals surface area (Å²) < 4.78 is 0. The lowest BCUT2D eigenvalue weighted by molar-refractivity contribution is -0.114. The van der Waals surface area contributed by atoms with Gasteiger partial charge < -0.3 is 5.11 Å². The number of hydrogen-bond donors (Lipinski definition) is 1. The predicted molar refractivity (Wildman–Crippen MR) is 38.8 cm³/mol. The summed E-state index contributed by atoms with van der Waals surface area (Å²) in [4.78, 5) is 10.8. The fraction of sp³-hybridized carbons (Fsp3) is 0.625. The molecule has 0 saturated heterocycles. The maximum atomic E-state index is 10.8. The molecule has 0 radical (unpaired) electrons.